The Hall–Kier alpha value is -2.73. The first-order valence-corrected chi connectivity index (χ1v) is 7.63. The van der Waals surface area contributed by atoms with E-state index < -0.39 is 0 Å². The van der Waals surface area contributed by atoms with Gasteiger partial charge in [0.15, 0.2) is 0 Å². The predicted molar refractivity (Wildman–Crippen MR) is 100 cm³/mol. The van der Waals surface area contributed by atoms with E-state index in [1.165, 1.54) is 0 Å². The number of benzene rings is 2. The first-order valence-electron chi connectivity index (χ1n) is 7.63. The number of anilines is 2. The number of hydrogen-bond donors (Lipinski definition) is 1. The number of methoxy groups -OCH3 is 1. The van der Waals surface area contributed by atoms with E-state index in [-0.39, 0.29) is 18.2 Å². The average Bonchev–Trinajstić information content (AvgIpc) is 2.97. The van der Waals surface area contributed by atoms with Crippen LogP contribution in [0.2, 0.25) is 0 Å². The first kappa shape index (κ1) is 18.6. The van der Waals surface area contributed by atoms with Gasteiger partial charge in [0.25, 0.3) is 0 Å². The van der Waals surface area contributed by atoms with Crippen LogP contribution in [0.4, 0.5) is 11.6 Å². The van der Waals surface area contributed by atoms with Crippen molar-refractivity contribution in [1.82, 2.24) is 14.8 Å². The molecule has 0 aliphatic carbocycles. The van der Waals surface area contributed by atoms with Crippen LogP contribution in [0.25, 0.3) is 0 Å². The number of para-hydroxylation sites is 1. The van der Waals surface area contributed by atoms with Gasteiger partial charge in [-0.2, -0.15) is 0 Å². The van der Waals surface area contributed by atoms with E-state index in [1.54, 1.807) is 19.2 Å². The summed E-state index contributed by atoms with van der Waals surface area (Å²) in [6.45, 7) is 0. The third kappa shape index (κ3) is 3.85. The molecular weight excluding hydrogens is 340 g/mol. The second kappa shape index (κ2) is 7.90. The Morgan fingerprint density at radius 1 is 1.12 bits per heavy atom. The van der Waals surface area contributed by atoms with Crippen LogP contribution in [-0.4, -0.2) is 34.0 Å². The Balaban J connectivity index is 0.00000225. The van der Waals surface area contributed by atoms with Gasteiger partial charge in [-0.1, -0.05) is 24.3 Å². The second-order valence-electron chi connectivity index (χ2n) is 5.54. The molecular formula is C18H21ClN4O2. The molecule has 0 spiro atoms. The van der Waals surface area contributed by atoms with Gasteiger partial charge in [-0.25, -0.2) is 0 Å². The molecule has 1 aromatic heterocycles. The highest BCUT2D eigenvalue weighted by molar-refractivity contribution is 5.85. The molecule has 0 unspecified atom stereocenters. The highest BCUT2D eigenvalue weighted by Gasteiger charge is 2.15. The van der Waals surface area contributed by atoms with Crippen molar-refractivity contribution in [2.24, 2.45) is 7.05 Å². The van der Waals surface area contributed by atoms with E-state index in [2.05, 4.69) is 10.2 Å². The van der Waals surface area contributed by atoms with Gasteiger partial charge in [-0.05, 0) is 18.2 Å². The number of hydrogen-bond acceptors (Lipinski definition) is 5. The molecule has 3 rings (SSSR count). The summed E-state index contributed by atoms with van der Waals surface area (Å²) in [6.07, 6.45) is 0.516. The molecule has 1 N–H and O–H groups in total. The maximum absolute atomic E-state index is 9.93. The van der Waals surface area contributed by atoms with E-state index in [0.717, 1.165) is 22.8 Å². The normalized spacial score (nSPS) is 10.2. The van der Waals surface area contributed by atoms with Gasteiger partial charge >= 0.3 is 0 Å². The van der Waals surface area contributed by atoms with Crippen LogP contribution in [0.1, 0.15) is 11.4 Å². The Kier molecular flexibility index (Phi) is 5.88. The molecule has 0 bridgehead atoms. The molecule has 0 radical (unpaired) electrons. The fraction of sp³-hybridized carbons (Fsp3) is 0.222. The van der Waals surface area contributed by atoms with E-state index in [1.807, 2.05) is 60.0 Å². The lowest BCUT2D eigenvalue weighted by molar-refractivity contribution is 0.415. The number of aromatic hydroxyl groups is 1. The molecule has 6 nitrogen and oxygen atoms in total. The summed E-state index contributed by atoms with van der Waals surface area (Å²) in [7, 11) is 5.50. The molecule has 0 atom stereocenters. The van der Waals surface area contributed by atoms with Gasteiger partial charge in [0.1, 0.15) is 17.3 Å². The SMILES string of the molecule is COc1cccc(N(C)c2nnc(Cc3ccccc3O)n2C)c1.Cl. The van der Waals surface area contributed by atoms with Crippen LogP contribution in [-0.2, 0) is 13.5 Å². The summed E-state index contributed by atoms with van der Waals surface area (Å²) < 4.78 is 7.19. The summed E-state index contributed by atoms with van der Waals surface area (Å²) in [6, 6.07) is 15.0. The number of aromatic nitrogens is 3. The van der Waals surface area contributed by atoms with Crippen molar-refractivity contribution in [2.45, 2.75) is 6.42 Å². The quantitative estimate of drug-likeness (QED) is 0.756. The van der Waals surface area contributed by atoms with Gasteiger partial charge in [0.2, 0.25) is 5.95 Å². The number of nitrogens with zero attached hydrogens (tertiary/aromatic N) is 4. The van der Waals surface area contributed by atoms with Crippen LogP contribution in [0, 0.1) is 0 Å². The van der Waals surface area contributed by atoms with Crippen molar-refractivity contribution >= 4 is 24.0 Å². The Bertz CT molecular complexity index is 851. The Morgan fingerprint density at radius 2 is 1.88 bits per heavy atom. The lowest BCUT2D eigenvalue weighted by Crippen LogP contribution is -2.15. The zero-order valence-electron chi connectivity index (χ0n) is 14.4. The lowest BCUT2D eigenvalue weighted by Gasteiger charge is -2.18. The van der Waals surface area contributed by atoms with Crippen molar-refractivity contribution in [2.75, 3.05) is 19.1 Å². The second-order valence-corrected chi connectivity index (χ2v) is 5.54. The number of phenols is 1. The molecule has 0 fully saturated rings. The van der Waals surface area contributed by atoms with Crippen LogP contribution in [0.5, 0.6) is 11.5 Å². The first-order chi connectivity index (χ1) is 11.6. The van der Waals surface area contributed by atoms with Crippen molar-refractivity contribution in [3.8, 4) is 11.5 Å². The third-order valence-electron chi connectivity index (χ3n) is 4.02. The summed E-state index contributed by atoms with van der Waals surface area (Å²) >= 11 is 0. The van der Waals surface area contributed by atoms with E-state index in [4.69, 9.17) is 4.74 Å². The smallest absolute Gasteiger partial charge is 0.231 e. The van der Waals surface area contributed by atoms with Crippen molar-refractivity contribution < 1.29 is 9.84 Å². The molecule has 2 aromatic carbocycles. The molecule has 0 saturated carbocycles. The maximum Gasteiger partial charge on any atom is 0.231 e. The van der Waals surface area contributed by atoms with E-state index >= 15 is 0 Å². The highest BCUT2D eigenvalue weighted by Crippen LogP contribution is 2.26. The van der Waals surface area contributed by atoms with Crippen LogP contribution < -0.4 is 9.64 Å². The molecule has 0 saturated heterocycles. The largest absolute Gasteiger partial charge is 0.508 e. The zero-order valence-corrected chi connectivity index (χ0v) is 15.2. The number of rotatable bonds is 5. The molecule has 0 aliphatic heterocycles. The molecule has 132 valence electrons. The number of phenolic OH excluding ortho intramolecular Hbond substituents is 1. The van der Waals surface area contributed by atoms with Crippen LogP contribution in [0.15, 0.2) is 48.5 Å². The van der Waals surface area contributed by atoms with Gasteiger partial charge in [0.05, 0.1) is 7.11 Å². The summed E-state index contributed by atoms with van der Waals surface area (Å²) in [4.78, 5) is 1.95. The minimum absolute atomic E-state index is 0. The van der Waals surface area contributed by atoms with Gasteiger partial charge in [0, 0.05) is 37.8 Å². The molecule has 0 amide bonds. The Morgan fingerprint density at radius 3 is 2.60 bits per heavy atom. The minimum atomic E-state index is 0. The summed E-state index contributed by atoms with van der Waals surface area (Å²) in [5, 5.41) is 18.5. The van der Waals surface area contributed by atoms with Gasteiger partial charge in [-0.15, -0.1) is 22.6 Å². The summed E-state index contributed by atoms with van der Waals surface area (Å²) in [5.74, 6) is 2.55. The van der Waals surface area contributed by atoms with Crippen LogP contribution in [0.3, 0.4) is 0 Å². The topological polar surface area (TPSA) is 63.4 Å². The van der Waals surface area contributed by atoms with E-state index in [9.17, 15) is 5.11 Å². The van der Waals surface area contributed by atoms with Gasteiger partial charge < -0.3 is 14.7 Å². The third-order valence-corrected chi connectivity index (χ3v) is 4.02. The monoisotopic (exact) mass is 360 g/mol. The van der Waals surface area contributed by atoms with Crippen molar-refractivity contribution in [1.29, 1.82) is 0 Å². The number of ether oxygens (including phenoxy) is 1. The molecule has 1 heterocycles. The molecule has 0 aliphatic rings. The number of halogens is 1. The van der Waals surface area contributed by atoms with Crippen LogP contribution >= 0.6 is 12.4 Å². The predicted octanol–water partition coefficient (Wildman–Crippen LogP) is 3.31. The van der Waals surface area contributed by atoms with Gasteiger partial charge in [-0.3, -0.25) is 4.57 Å². The minimum Gasteiger partial charge on any atom is -0.508 e. The average molecular weight is 361 g/mol. The molecule has 3 aromatic rings. The van der Waals surface area contributed by atoms with E-state index in [0.29, 0.717) is 12.4 Å². The highest BCUT2D eigenvalue weighted by atomic mass is 35.5. The maximum atomic E-state index is 9.93. The Labute approximate surface area is 153 Å². The standard InChI is InChI=1S/C18H20N4O2.ClH/c1-21(14-8-6-9-15(12-14)24-3)18-20-19-17(22(18)2)11-13-7-4-5-10-16(13)23;/h4-10,12,23H,11H2,1-3H3;1H. The summed E-state index contributed by atoms with van der Waals surface area (Å²) in [5.41, 5.74) is 1.78. The fourth-order valence-corrected chi connectivity index (χ4v) is 2.56. The zero-order chi connectivity index (χ0) is 17.1. The lowest BCUT2D eigenvalue weighted by atomic mass is 10.1. The van der Waals surface area contributed by atoms with Crippen molar-refractivity contribution in [3.63, 3.8) is 0 Å². The fourth-order valence-electron chi connectivity index (χ4n) is 2.56. The molecule has 7 heteroatoms. The van der Waals surface area contributed by atoms with Crippen molar-refractivity contribution in [3.05, 3.63) is 59.9 Å². The molecule has 25 heavy (non-hydrogen) atoms.